The summed E-state index contributed by atoms with van der Waals surface area (Å²) in [6, 6.07) is 0. The van der Waals surface area contributed by atoms with Gasteiger partial charge in [-0.1, -0.05) is 0 Å². The summed E-state index contributed by atoms with van der Waals surface area (Å²) in [6.45, 7) is 0. The van der Waals surface area contributed by atoms with Gasteiger partial charge >= 0.3 is 40.8 Å². The van der Waals surface area contributed by atoms with Crippen LogP contribution in [0.25, 0.3) is 0 Å². The Morgan fingerprint density at radius 2 is 1.00 bits per heavy atom. The third kappa shape index (κ3) is 40.9. The van der Waals surface area contributed by atoms with Crippen LogP contribution < -0.4 is 15.1 Å². The average molecular weight is 259 g/mol. The standard InChI is InChI=1S/BO3.Fe.Nd/c2-1(3)4;;/q-3;;+3. The second-order valence-corrected chi connectivity index (χ2v) is 0.289. The van der Waals surface area contributed by atoms with E-state index in [1.807, 2.05) is 0 Å². The molecule has 0 unspecified atom stereocenters. The van der Waals surface area contributed by atoms with Crippen molar-refractivity contribution in [1.29, 1.82) is 0 Å². The Balaban J connectivity index is -0.0000000450. The molecule has 0 aliphatic heterocycles. The van der Waals surface area contributed by atoms with Crippen LogP contribution in [-0.2, 0) is 17.1 Å². The predicted molar refractivity (Wildman–Crippen MR) is 5.75 cm³/mol. The van der Waals surface area contributed by atoms with E-state index in [0.717, 1.165) is 0 Å². The fourth-order valence-electron chi connectivity index (χ4n) is 0. The van der Waals surface area contributed by atoms with Crippen molar-refractivity contribution in [3.63, 3.8) is 0 Å². The van der Waals surface area contributed by atoms with Crippen molar-refractivity contribution in [3.05, 3.63) is 0 Å². The SMILES string of the molecule is [Fe].[Nd+3].[O-]B([O-])[O-]. The molecular formula is BFeNdO3. The molecule has 0 aromatic rings. The van der Waals surface area contributed by atoms with Crippen molar-refractivity contribution in [2.45, 2.75) is 0 Å². The molecule has 0 fully saturated rings. The van der Waals surface area contributed by atoms with Crippen molar-refractivity contribution in [3.8, 4) is 0 Å². The maximum absolute atomic E-state index is 8.42. The third-order valence-corrected chi connectivity index (χ3v) is 0. The molecule has 0 aliphatic rings. The molecule has 0 heterocycles. The predicted octanol–water partition coefficient (Wildman–Crippen LogP) is -3.95. The van der Waals surface area contributed by atoms with Crippen LogP contribution in [0.1, 0.15) is 0 Å². The summed E-state index contributed by atoms with van der Waals surface area (Å²) >= 11 is 0. The van der Waals surface area contributed by atoms with Crippen molar-refractivity contribution in [1.82, 2.24) is 0 Å². The fraction of sp³-hybridized carbons (Fsp3) is 0. The summed E-state index contributed by atoms with van der Waals surface area (Å²) in [4.78, 5) is 0. The summed E-state index contributed by atoms with van der Waals surface area (Å²) in [5.74, 6) is 0. The molecule has 6 heavy (non-hydrogen) atoms. The zero-order valence-electron chi connectivity index (χ0n) is 2.66. The Kier molecular flexibility index (Phi) is 25.9. The Morgan fingerprint density at radius 1 is 1.00 bits per heavy atom. The Hall–Kier alpha value is 1.82. The van der Waals surface area contributed by atoms with Crippen LogP contribution >= 0.6 is 0 Å². The molecular weight excluding hydrogens is 259 g/mol. The van der Waals surface area contributed by atoms with E-state index in [-0.39, 0.29) is 57.9 Å². The van der Waals surface area contributed by atoms with Crippen LogP contribution in [0.4, 0.5) is 0 Å². The van der Waals surface area contributed by atoms with E-state index in [0.29, 0.717) is 0 Å². The first-order valence-electron chi connectivity index (χ1n) is 0.707. The zero-order chi connectivity index (χ0) is 3.58. The molecule has 0 saturated carbocycles. The van der Waals surface area contributed by atoms with Gasteiger partial charge in [-0.3, -0.25) is 7.32 Å². The molecule has 0 aromatic carbocycles. The largest absolute Gasteiger partial charge is 3.00 e. The minimum atomic E-state index is -2.92. The second kappa shape index (κ2) is 9.94. The summed E-state index contributed by atoms with van der Waals surface area (Å²) in [7, 11) is -2.92. The molecule has 0 amide bonds. The average Bonchev–Trinajstić information content (AvgIpc) is 0.811. The summed E-state index contributed by atoms with van der Waals surface area (Å²) in [5, 5.41) is 25.2. The number of rotatable bonds is 0. The first-order valence-corrected chi connectivity index (χ1v) is 0.707. The van der Waals surface area contributed by atoms with Gasteiger partial charge in [-0.25, -0.2) is 0 Å². The number of hydrogen-bond donors (Lipinski definition) is 0. The third-order valence-electron chi connectivity index (χ3n) is 0. The Morgan fingerprint density at radius 3 is 1.00 bits per heavy atom. The summed E-state index contributed by atoms with van der Waals surface area (Å²) < 4.78 is 0. The van der Waals surface area contributed by atoms with E-state index < -0.39 is 7.32 Å². The van der Waals surface area contributed by atoms with Gasteiger partial charge in [-0.2, -0.15) is 0 Å². The van der Waals surface area contributed by atoms with E-state index in [1.165, 1.54) is 0 Å². The van der Waals surface area contributed by atoms with Crippen LogP contribution in [0.15, 0.2) is 0 Å². The van der Waals surface area contributed by atoms with Gasteiger partial charge < -0.3 is 15.1 Å². The van der Waals surface area contributed by atoms with Crippen LogP contribution in [0.3, 0.4) is 0 Å². The first-order chi connectivity index (χ1) is 1.73. The molecule has 33 valence electrons. The maximum Gasteiger partial charge on any atom is 3.00 e. The minimum absolute atomic E-state index is 0. The van der Waals surface area contributed by atoms with E-state index in [4.69, 9.17) is 15.1 Å². The van der Waals surface area contributed by atoms with Crippen LogP contribution in [0, 0.1) is 40.8 Å². The van der Waals surface area contributed by atoms with Gasteiger partial charge in [0.2, 0.25) is 0 Å². The Labute approximate surface area is 79.3 Å². The molecule has 0 bridgehead atoms. The summed E-state index contributed by atoms with van der Waals surface area (Å²) in [5.41, 5.74) is 0. The molecule has 3 nitrogen and oxygen atoms in total. The minimum Gasteiger partial charge on any atom is -0.907 e. The van der Waals surface area contributed by atoms with Gasteiger partial charge in [0, 0.05) is 17.1 Å². The smallest absolute Gasteiger partial charge is 0.907 e. The molecule has 0 saturated heterocycles. The molecule has 0 rings (SSSR count). The van der Waals surface area contributed by atoms with Crippen molar-refractivity contribution >= 4 is 7.32 Å². The van der Waals surface area contributed by atoms with Gasteiger partial charge in [0.25, 0.3) is 0 Å². The maximum atomic E-state index is 8.42. The van der Waals surface area contributed by atoms with Gasteiger partial charge in [-0.05, 0) is 0 Å². The molecule has 0 atom stereocenters. The molecule has 0 aromatic heterocycles. The van der Waals surface area contributed by atoms with E-state index >= 15 is 0 Å². The van der Waals surface area contributed by atoms with Gasteiger partial charge in [0.05, 0.1) is 0 Å². The molecule has 0 N–H and O–H groups in total. The second-order valence-electron chi connectivity index (χ2n) is 0.289. The normalized spacial score (nSPS) is 4.50. The first kappa shape index (κ1) is 15.7. The Bertz CT molecular complexity index is 15.5. The number of hydrogen-bond acceptors (Lipinski definition) is 3. The monoisotopic (exact) mass is 257 g/mol. The van der Waals surface area contributed by atoms with Gasteiger partial charge in [0.15, 0.2) is 0 Å². The van der Waals surface area contributed by atoms with Crippen LogP contribution in [-0.4, -0.2) is 7.32 Å². The van der Waals surface area contributed by atoms with E-state index in [1.54, 1.807) is 0 Å². The summed E-state index contributed by atoms with van der Waals surface area (Å²) in [6.07, 6.45) is 0. The van der Waals surface area contributed by atoms with Crippen molar-refractivity contribution in [2.24, 2.45) is 0 Å². The van der Waals surface area contributed by atoms with Crippen LogP contribution in [0.5, 0.6) is 0 Å². The van der Waals surface area contributed by atoms with Gasteiger partial charge in [-0.15, -0.1) is 0 Å². The van der Waals surface area contributed by atoms with Crippen LogP contribution in [0.2, 0.25) is 0 Å². The van der Waals surface area contributed by atoms with E-state index in [9.17, 15) is 0 Å². The molecule has 0 aliphatic carbocycles. The molecule has 0 spiro atoms. The molecule has 1 radical (unpaired) electrons. The van der Waals surface area contributed by atoms with Crippen molar-refractivity contribution < 1.29 is 73.0 Å². The topological polar surface area (TPSA) is 69.2 Å². The quantitative estimate of drug-likeness (QED) is 0.417. The zero-order valence-corrected chi connectivity index (χ0v) is 6.97. The van der Waals surface area contributed by atoms with Crippen molar-refractivity contribution in [2.75, 3.05) is 0 Å². The van der Waals surface area contributed by atoms with Gasteiger partial charge in [0.1, 0.15) is 0 Å². The fourth-order valence-corrected chi connectivity index (χ4v) is 0. The molecule has 6 heteroatoms. The van der Waals surface area contributed by atoms with E-state index in [2.05, 4.69) is 0 Å².